The molecule has 1 heterocycles. The minimum Gasteiger partial charge on any atom is -0.350 e. The van der Waals surface area contributed by atoms with Gasteiger partial charge in [-0.1, -0.05) is 32.6 Å². The van der Waals surface area contributed by atoms with Crippen LogP contribution in [0.3, 0.4) is 0 Å². The van der Waals surface area contributed by atoms with Crippen LogP contribution in [0.1, 0.15) is 39.0 Å². The third-order valence-electron chi connectivity index (χ3n) is 3.21. The van der Waals surface area contributed by atoms with Crippen molar-refractivity contribution in [3.8, 4) is 0 Å². The molecule has 1 atom stereocenters. The van der Waals surface area contributed by atoms with E-state index >= 15 is 0 Å². The van der Waals surface area contributed by atoms with Gasteiger partial charge in [-0.2, -0.15) is 5.10 Å². The first-order valence-corrected chi connectivity index (χ1v) is 6.63. The number of imide groups is 1. The quantitative estimate of drug-likeness (QED) is 0.274. The molecular weight excluding hydrogens is 262 g/mol. The summed E-state index contributed by atoms with van der Waals surface area (Å²) in [4.78, 5) is 35.4. The summed E-state index contributed by atoms with van der Waals surface area (Å²) < 4.78 is 0. The molecule has 20 heavy (non-hydrogen) atoms. The number of amides is 5. The number of urea groups is 2. The highest BCUT2D eigenvalue weighted by Gasteiger charge is 2.48. The zero-order valence-electron chi connectivity index (χ0n) is 11.8. The number of rotatable bonds is 7. The fourth-order valence-corrected chi connectivity index (χ4v) is 2.08. The van der Waals surface area contributed by atoms with E-state index in [0.29, 0.717) is 6.42 Å². The van der Waals surface area contributed by atoms with Gasteiger partial charge < -0.3 is 11.1 Å². The van der Waals surface area contributed by atoms with Crippen LogP contribution in [0.5, 0.6) is 0 Å². The van der Waals surface area contributed by atoms with Crippen molar-refractivity contribution < 1.29 is 14.4 Å². The molecule has 1 rings (SSSR count). The summed E-state index contributed by atoms with van der Waals surface area (Å²) >= 11 is 0. The average molecular weight is 283 g/mol. The van der Waals surface area contributed by atoms with E-state index in [2.05, 4.69) is 17.3 Å². The number of primary amides is 1. The maximum Gasteiger partial charge on any atom is 0.332 e. The summed E-state index contributed by atoms with van der Waals surface area (Å²) in [5.41, 5.74) is 5.75. The van der Waals surface area contributed by atoms with Gasteiger partial charge in [-0.3, -0.25) is 9.69 Å². The first kappa shape index (κ1) is 15.9. The summed E-state index contributed by atoms with van der Waals surface area (Å²) in [5, 5.41) is 6.25. The van der Waals surface area contributed by atoms with Crippen molar-refractivity contribution in [2.75, 3.05) is 7.05 Å². The molecule has 0 aromatic rings. The molecule has 0 aromatic heterocycles. The zero-order chi connectivity index (χ0) is 15.2. The Morgan fingerprint density at radius 2 is 2.15 bits per heavy atom. The van der Waals surface area contributed by atoms with E-state index in [1.54, 1.807) is 0 Å². The van der Waals surface area contributed by atoms with Crippen LogP contribution in [0.25, 0.3) is 0 Å². The van der Waals surface area contributed by atoms with Crippen LogP contribution in [0, 0.1) is 0 Å². The number of nitrogens with zero attached hydrogens (tertiary/aromatic N) is 2. The molecule has 5 amide bonds. The van der Waals surface area contributed by atoms with Gasteiger partial charge in [-0.05, 0) is 6.42 Å². The second-order valence-corrected chi connectivity index (χ2v) is 4.81. The van der Waals surface area contributed by atoms with Crippen molar-refractivity contribution in [2.24, 2.45) is 10.8 Å². The van der Waals surface area contributed by atoms with Crippen LogP contribution in [0.4, 0.5) is 9.59 Å². The SMILES string of the molecule is CCCCCC[C@]1(/C=N\NC(N)=O)NC(=O)N(C)C1=O. The zero-order valence-corrected chi connectivity index (χ0v) is 11.8. The van der Waals surface area contributed by atoms with Crippen LogP contribution in [-0.4, -0.2) is 41.7 Å². The minimum atomic E-state index is -1.19. The molecule has 112 valence electrons. The van der Waals surface area contributed by atoms with Crippen LogP contribution in [0.15, 0.2) is 5.10 Å². The lowest BCUT2D eigenvalue weighted by molar-refractivity contribution is -0.128. The molecule has 0 spiro atoms. The monoisotopic (exact) mass is 283 g/mol. The Labute approximate surface area is 117 Å². The van der Waals surface area contributed by atoms with Crippen LogP contribution < -0.4 is 16.5 Å². The van der Waals surface area contributed by atoms with Crippen molar-refractivity contribution >= 4 is 24.2 Å². The molecule has 4 N–H and O–H groups in total. The number of hydrazone groups is 1. The Balaban J connectivity index is 2.78. The van der Waals surface area contributed by atoms with Crippen LogP contribution in [0.2, 0.25) is 0 Å². The van der Waals surface area contributed by atoms with Gasteiger partial charge in [0.1, 0.15) is 0 Å². The summed E-state index contributed by atoms with van der Waals surface area (Å²) in [6.07, 6.45) is 5.55. The number of hydrogen-bond acceptors (Lipinski definition) is 4. The standard InChI is InChI=1S/C12H21N5O3/c1-3-4-5-6-7-12(8-14-16-10(13)19)9(18)17(2)11(20)15-12/h8H,3-7H2,1-2H3,(H,15,20)(H3,13,16,19)/b14-8-/t12-/m1/s1. The Morgan fingerprint density at radius 3 is 2.65 bits per heavy atom. The van der Waals surface area contributed by atoms with E-state index in [-0.39, 0.29) is 5.91 Å². The number of nitrogens with one attached hydrogen (secondary N) is 2. The largest absolute Gasteiger partial charge is 0.350 e. The molecule has 0 saturated carbocycles. The highest BCUT2D eigenvalue weighted by molar-refractivity contribution is 6.16. The second-order valence-electron chi connectivity index (χ2n) is 4.81. The van der Waals surface area contributed by atoms with Gasteiger partial charge in [0.15, 0.2) is 5.54 Å². The Hall–Kier alpha value is -2.12. The Bertz CT molecular complexity index is 423. The van der Waals surface area contributed by atoms with E-state index in [4.69, 9.17) is 5.73 Å². The summed E-state index contributed by atoms with van der Waals surface area (Å²) in [6, 6.07) is -1.30. The molecule has 0 bridgehead atoms. The van der Waals surface area contributed by atoms with Gasteiger partial charge in [0.05, 0.1) is 6.21 Å². The number of carbonyl (C=O) groups is 3. The first-order chi connectivity index (χ1) is 9.43. The summed E-state index contributed by atoms with van der Waals surface area (Å²) in [6.45, 7) is 2.09. The predicted molar refractivity (Wildman–Crippen MR) is 74.0 cm³/mol. The molecular formula is C12H21N5O3. The van der Waals surface area contributed by atoms with Crippen molar-refractivity contribution in [2.45, 2.75) is 44.6 Å². The first-order valence-electron chi connectivity index (χ1n) is 6.63. The van der Waals surface area contributed by atoms with E-state index in [1.165, 1.54) is 13.3 Å². The van der Waals surface area contributed by atoms with Crippen LogP contribution >= 0.6 is 0 Å². The van der Waals surface area contributed by atoms with Crippen LogP contribution in [-0.2, 0) is 4.79 Å². The predicted octanol–water partition coefficient (Wildman–Crippen LogP) is 0.531. The van der Waals surface area contributed by atoms with Gasteiger partial charge in [0.2, 0.25) is 0 Å². The number of carbonyl (C=O) groups excluding carboxylic acids is 3. The number of likely N-dealkylation sites (N-methyl/N-ethyl adjacent to an activating group) is 1. The Morgan fingerprint density at radius 1 is 1.45 bits per heavy atom. The lowest BCUT2D eigenvalue weighted by Crippen LogP contribution is -2.49. The molecule has 0 aliphatic carbocycles. The number of hydrogen-bond donors (Lipinski definition) is 3. The molecule has 8 nitrogen and oxygen atoms in total. The van der Waals surface area contributed by atoms with Gasteiger partial charge in [0, 0.05) is 7.05 Å². The molecule has 1 fully saturated rings. The van der Waals surface area contributed by atoms with Crippen molar-refractivity contribution in [1.29, 1.82) is 0 Å². The van der Waals surface area contributed by atoms with E-state index in [9.17, 15) is 14.4 Å². The van der Waals surface area contributed by atoms with E-state index < -0.39 is 17.6 Å². The third kappa shape index (κ3) is 3.69. The average Bonchev–Trinajstić information content (AvgIpc) is 2.60. The van der Waals surface area contributed by atoms with Gasteiger partial charge >= 0.3 is 12.1 Å². The lowest BCUT2D eigenvalue weighted by Gasteiger charge is -2.21. The van der Waals surface area contributed by atoms with Crippen molar-refractivity contribution in [1.82, 2.24) is 15.6 Å². The highest BCUT2D eigenvalue weighted by Crippen LogP contribution is 2.22. The molecule has 1 saturated heterocycles. The Kier molecular flexibility index (Phi) is 5.48. The van der Waals surface area contributed by atoms with Gasteiger partial charge in [0.25, 0.3) is 5.91 Å². The number of nitrogens with two attached hydrogens (primary N) is 1. The molecule has 0 radical (unpaired) electrons. The van der Waals surface area contributed by atoms with E-state index in [1.807, 2.05) is 5.43 Å². The smallest absolute Gasteiger partial charge is 0.332 e. The maximum atomic E-state index is 12.2. The minimum absolute atomic E-state index is 0.381. The molecule has 1 aliphatic heterocycles. The van der Waals surface area contributed by atoms with Gasteiger partial charge in [-0.15, -0.1) is 0 Å². The third-order valence-corrected chi connectivity index (χ3v) is 3.21. The molecule has 0 aromatic carbocycles. The van der Waals surface area contributed by atoms with Crippen molar-refractivity contribution in [3.63, 3.8) is 0 Å². The molecule has 8 heteroatoms. The fraction of sp³-hybridized carbons (Fsp3) is 0.667. The maximum absolute atomic E-state index is 12.2. The van der Waals surface area contributed by atoms with Crippen molar-refractivity contribution in [3.05, 3.63) is 0 Å². The molecule has 0 unspecified atom stereocenters. The topological polar surface area (TPSA) is 117 Å². The summed E-state index contributed by atoms with van der Waals surface area (Å²) in [7, 11) is 1.40. The second kappa shape index (κ2) is 6.88. The lowest BCUT2D eigenvalue weighted by atomic mass is 9.93. The fourth-order valence-electron chi connectivity index (χ4n) is 2.08. The number of unbranched alkanes of at least 4 members (excludes halogenated alkanes) is 3. The summed E-state index contributed by atoms with van der Waals surface area (Å²) in [5.74, 6) is -0.381. The normalized spacial score (nSPS) is 22.4. The van der Waals surface area contributed by atoms with E-state index in [0.717, 1.165) is 30.6 Å². The van der Waals surface area contributed by atoms with Gasteiger partial charge in [-0.25, -0.2) is 15.0 Å². The molecule has 1 aliphatic rings. The highest BCUT2D eigenvalue weighted by atomic mass is 16.2.